The van der Waals surface area contributed by atoms with E-state index in [4.69, 9.17) is 22.7 Å². The van der Waals surface area contributed by atoms with Gasteiger partial charge >= 0.3 is 0 Å². The number of halogens is 1. The van der Waals surface area contributed by atoms with Crippen LogP contribution in [0.3, 0.4) is 0 Å². The van der Waals surface area contributed by atoms with E-state index in [1.54, 1.807) is 12.1 Å². The van der Waals surface area contributed by atoms with Crippen LogP contribution >= 0.6 is 12.2 Å². The molecule has 1 saturated carbocycles. The van der Waals surface area contributed by atoms with E-state index in [0.29, 0.717) is 18.3 Å². The van der Waals surface area contributed by atoms with Gasteiger partial charge < -0.3 is 10.5 Å². The highest BCUT2D eigenvalue weighted by molar-refractivity contribution is 7.80. The van der Waals surface area contributed by atoms with E-state index in [0.717, 1.165) is 18.4 Å². The van der Waals surface area contributed by atoms with Crippen LogP contribution in [0.25, 0.3) is 0 Å². The molecule has 0 bridgehead atoms. The Morgan fingerprint density at radius 2 is 1.95 bits per heavy atom. The molecular formula is C15H20FNOS. The molecule has 0 saturated heterocycles. The van der Waals surface area contributed by atoms with Crippen molar-refractivity contribution in [2.24, 2.45) is 5.73 Å². The average molecular weight is 281 g/mol. The lowest BCUT2D eigenvalue weighted by Crippen LogP contribution is -2.14. The molecule has 1 aliphatic carbocycles. The molecule has 1 aliphatic rings. The first-order valence-corrected chi connectivity index (χ1v) is 7.27. The van der Waals surface area contributed by atoms with Crippen molar-refractivity contribution in [1.29, 1.82) is 0 Å². The molecule has 0 aromatic heterocycles. The second-order valence-corrected chi connectivity index (χ2v) is 5.54. The Kier molecular flexibility index (Phi) is 5.28. The molecule has 104 valence electrons. The maximum absolute atomic E-state index is 13.5. The number of hydrogen-bond acceptors (Lipinski definition) is 2. The largest absolute Gasteiger partial charge is 0.389 e. The third kappa shape index (κ3) is 4.25. The Balaban J connectivity index is 1.95. The summed E-state index contributed by atoms with van der Waals surface area (Å²) in [5.74, 6) is -0.370. The number of hydrogen-bond donors (Lipinski definition) is 1. The van der Waals surface area contributed by atoms with Gasteiger partial charge in [-0.15, -0.1) is 0 Å². The third-order valence-corrected chi connectivity index (χ3v) is 3.80. The lowest BCUT2D eigenvalue weighted by Gasteiger charge is -2.15. The van der Waals surface area contributed by atoms with Gasteiger partial charge in [0.2, 0.25) is 0 Å². The van der Waals surface area contributed by atoms with Crippen LogP contribution in [-0.2, 0) is 11.3 Å². The summed E-state index contributed by atoms with van der Waals surface area (Å²) < 4.78 is 19.4. The quantitative estimate of drug-likeness (QED) is 0.675. The fraction of sp³-hybridized carbons (Fsp3) is 0.533. The molecule has 1 aromatic carbocycles. The van der Waals surface area contributed by atoms with Crippen molar-refractivity contribution in [1.82, 2.24) is 0 Å². The first-order valence-electron chi connectivity index (χ1n) is 6.86. The van der Waals surface area contributed by atoms with Crippen LogP contribution in [0.15, 0.2) is 18.2 Å². The smallest absolute Gasteiger partial charge is 0.133 e. The molecule has 0 spiro atoms. The zero-order chi connectivity index (χ0) is 13.7. The third-order valence-electron chi connectivity index (χ3n) is 3.58. The highest BCUT2D eigenvalue weighted by Crippen LogP contribution is 2.21. The van der Waals surface area contributed by atoms with Gasteiger partial charge in [0.25, 0.3) is 0 Å². The standard InChI is InChI=1S/C15H20FNOS/c16-14-8-7-11(9-13(14)15(17)19)10-18-12-5-3-1-2-4-6-12/h7-9,12H,1-6,10H2,(H2,17,19). The van der Waals surface area contributed by atoms with Gasteiger partial charge in [-0.2, -0.15) is 0 Å². The van der Waals surface area contributed by atoms with Crippen LogP contribution in [0.1, 0.15) is 49.7 Å². The maximum atomic E-state index is 13.5. The molecular weight excluding hydrogens is 261 g/mol. The molecule has 1 aromatic rings. The average Bonchev–Trinajstić information content (AvgIpc) is 2.66. The molecule has 0 radical (unpaired) electrons. The Labute approximate surface area is 119 Å². The first-order chi connectivity index (χ1) is 9.16. The summed E-state index contributed by atoms with van der Waals surface area (Å²) in [4.78, 5) is 0.0915. The van der Waals surface area contributed by atoms with Crippen molar-refractivity contribution in [2.75, 3.05) is 0 Å². The molecule has 0 unspecified atom stereocenters. The number of benzene rings is 1. The van der Waals surface area contributed by atoms with E-state index in [2.05, 4.69) is 0 Å². The maximum Gasteiger partial charge on any atom is 0.133 e. The number of rotatable bonds is 4. The van der Waals surface area contributed by atoms with E-state index in [9.17, 15) is 4.39 Å². The molecule has 2 rings (SSSR count). The molecule has 4 heteroatoms. The van der Waals surface area contributed by atoms with Crippen LogP contribution in [0.4, 0.5) is 4.39 Å². The van der Waals surface area contributed by atoms with Gasteiger partial charge in [0.1, 0.15) is 10.8 Å². The minimum atomic E-state index is -0.370. The van der Waals surface area contributed by atoms with Gasteiger partial charge in [0, 0.05) is 5.56 Å². The van der Waals surface area contributed by atoms with Crippen molar-refractivity contribution >= 4 is 17.2 Å². The summed E-state index contributed by atoms with van der Waals surface area (Å²) in [7, 11) is 0. The van der Waals surface area contributed by atoms with Gasteiger partial charge in [-0.1, -0.05) is 44.0 Å². The second kappa shape index (κ2) is 6.96. The number of thiocarbonyl (C=S) groups is 1. The van der Waals surface area contributed by atoms with Crippen LogP contribution in [-0.4, -0.2) is 11.1 Å². The monoisotopic (exact) mass is 281 g/mol. The minimum absolute atomic E-state index is 0.0915. The Morgan fingerprint density at radius 1 is 1.26 bits per heavy atom. The zero-order valence-electron chi connectivity index (χ0n) is 11.0. The Hall–Kier alpha value is -1.00. The van der Waals surface area contributed by atoms with Crippen molar-refractivity contribution in [3.63, 3.8) is 0 Å². The molecule has 0 heterocycles. The van der Waals surface area contributed by atoms with Crippen LogP contribution < -0.4 is 5.73 Å². The van der Waals surface area contributed by atoms with Crippen molar-refractivity contribution < 1.29 is 9.13 Å². The Bertz CT molecular complexity index is 442. The second-order valence-electron chi connectivity index (χ2n) is 5.10. The summed E-state index contributed by atoms with van der Waals surface area (Å²) >= 11 is 4.83. The van der Waals surface area contributed by atoms with Gasteiger partial charge in [0.15, 0.2) is 0 Å². The van der Waals surface area contributed by atoms with Crippen LogP contribution in [0, 0.1) is 5.82 Å². The predicted octanol–water partition coefficient (Wildman–Crippen LogP) is 3.70. The van der Waals surface area contributed by atoms with E-state index in [1.165, 1.54) is 31.7 Å². The normalized spacial score (nSPS) is 17.1. The lowest BCUT2D eigenvalue weighted by atomic mass is 10.1. The van der Waals surface area contributed by atoms with Crippen molar-refractivity contribution in [3.8, 4) is 0 Å². The highest BCUT2D eigenvalue weighted by Gasteiger charge is 2.13. The van der Waals surface area contributed by atoms with E-state index in [1.807, 2.05) is 0 Å². The van der Waals surface area contributed by atoms with Gasteiger partial charge in [-0.05, 0) is 30.5 Å². The van der Waals surface area contributed by atoms with Gasteiger partial charge in [0.05, 0.1) is 12.7 Å². The van der Waals surface area contributed by atoms with Gasteiger partial charge in [-0.3, -0.25) is 0 Å². The fourth-order valence-corrected chi connectivity index (χ4v) is 2.63. The van der Waals surface area contributed by atoms with E-state index >= 15 is 0 Å². The topological polar surface area (TPSA) is 35.2 Å². The summed E-state index contributed by atoms with van der Waals surface area (Å²) in [6.45, 7) is 0.501. The summed E-state index contributed by atoms with van der Waals surface area (Å²) in [6, 6.07) is 4.82. The van der Waals surface area contributed by atoms with E-state index in [-0.39, 0.29) is 10.8 Å². The zero-order valence-corrected chi connectivity index (χ0v) is 11.8. The van der Waals surface area contributed by atoms with Crippen molar-refractivity contribution in [3.05, 3.63) is 35.1 Å². The van der Waals surface area contributed by atoms with Crippen LogP contribution in [0.2, 0.25) is 0 Å². The summed E-state index contributed by atoms with van der Waals surface area (Å²) in [5, 5.41) is 0. The molecule has 0 amide bonds. The highest BCUT2D eigenvalue weighted by atomic mass is 32.1. The Morgan fingerprint density at radius 3 is 2.58 bits per heavy atom. The molecule has 1 fully saturated rings. The minimum Gasteiger partial charge on any atom is -0.389 e. The summed E-state index contributed by atoms with van der Waals surface area (Å²) in [5.41, 5.74) is 6.72. The molecule has 2 N–H and O–H groups in total. The van der Waals surface area contributed by atoms with E-state index < -0.39 is 0 Å². The molecule has 0 atom stereocenters. The van der Waals surface area contributed by atoms with Crippen LogP contribution in [0.5, 0.6) is 0 Å². The number of ether oxygens (including phenoxy) is 1. The predicted molar refractivity (Wildman–Crippen MR) is 78.6 cm³/mol. The first kappa shape index (κ1) is 14.4. The molecule has 2 nitrogen and oxygen atoms in total. The SMILES string of the molecule is NC(=S)c1cc(COC2CCCCCC2)ccc1F. The molecule has 19 heavy (non-hydrogen) atoms. The lowest BCUT2D eigenvalue weighted by molar-refractivity contribution is 0.0309. The van der Waals surface area contributed by atoms with Gasteiger partial charge in [-0.25, -0.2) is 4.39 Å². The fourth-order valence-electron chi connectivity index (χ4n) is 2.47. The molecule has 0 aliphatic heterocycles. The van der Waals surface area contributed by atoms with Crippen molar-refractivity contribution in [2.45, 2.75) is 51.2 Å². The summed E-state index contributed by atoms with van der Waals surface area (Å²) in [6.07, 6.45) is 7.69. The number of nitrogens with two attached hydrogens (primary N) is 1.